The van der Waals surface area contributed by atoms with Crippen LogP contribution in [0, 0.1) is 5.82 Å². The Hall–Kier alpha value is -4.29. The van der Waals surface area contributed by atoms with Crippen molar-refractivity contribution >= 4 is 16.8 Å². The normalized spacial score (nSPS) is 14.8. The van der Waals surface area contributed by atoms with E-state index in [-0.39, 0.29) is 11.7 Å². The van der Waals surface area contributed by atoms with Gasteiger partial charge < -0.3 is 14.4 Å². The van der Waals surface area contributed by atoms with Crippen molar-refractivity contribution in [1.82, 2.24) is 19.4 Å². The number of hydrogen-bond donors (Lipinski definition) is 0. The third-order valence-corrected chi connectivity index (χ3v) is 7.45. The number of pyridine rings is 1. The predicted molar refractivity (Wildman–Crippen MR) is 153 cm³/mol. The monoisotopic (exact) mass is 518 g/mol. The zero-order valence-electron chi connectivity index (χ0n) is 22.1. The molecule has 0 spiro atoms. The zero-order chi connectivity index (χ0) is 26.8. The van der Waals surface area contributed by atoms with E-state index in [0.29, 0.717) is 25.3 Å². The maximum absolute atomic E-state index is 14.2. The number of hydrogen-bond acceptors (Lipinski definition) is 3. The van der Waals surface area contributed by atoms with Crippen molar-refractivity contribution in [3.05, 3.63) is 125 Å². The maximum atomic E-state index is 14.2. The Morgan fingerprint density at radius 3 is 2.46 bits per heavy atom. The van der Waals surface area contributed by atoms with Gasteiger partial charge in [0.15, 0.2) is 0 Å². The number of benzene rings is 3. The van der Waals surface area contributed by atoms with Crippen LogP contribution in [0.2, 0.25) is 0 Å². The molecule has 0 saturated carbocycles. The lowest BCUT2D eigenvalue weighted by molar-refractivity contribution is 0.0731. The number of halogens is 1. The maximum Gasteiger partial charge on any atom is 0.272 e. The predicted octanol–water partition coefficient (Wildman–Crippen LogP) is 6.17. The van der Waals surface area contributed by atoms with Crippen LogP contribution in [0.1, 0.15) is 27.2 Å². The first-order chi connectivity index (χ1) is 19.0. The molecule has 0 unspecified atom stereocenters. The minimum atomic E-state index is -0.256. The summed E-state index contributed by atoms with van der Waals surface area (Å²) < 4.78 is 16.4. The Balaban J connectivity index is 1.46. The number of aromatic nitrogens is 2. The van der Waals surface area contributed by atoms with Gasteiger partial charge in [0.1, 0.15) is 11.5 Å². The van der Waals surface area contributed by atoms with Gasteiger partial charge in [-0.3, -0.25) is 9.78 Å². The molecule has 6 heteroatoms. The van der Waals surface area contributed by atoms with Crippen molar-refractivity contribution in [3.63, 3.8) is 0 Å². The van der Waals surface area contributed by atoms with E-state index in [2.05, 4.69) is 76.1 Å². The molecule has 0 N–H and O–H groups in total. The Labute approximate surface area is 228 Å². The van der Waals surface area contributed by atoms with Crippen molar-refractivity contribution in [2.45, 2.75) is 26.1 Å². The Morgan fingerprint density at radius 1 is 0.795 bits per heavy atom. The lowest BCUT2D eigenvalue weighted by Gasteiger charge is -2.25. The van der Waals surface area contributed by atoms with Crippen LogP contribution in [0.3, 0.4) is 0 Å². The smallest absolute Gasteiger partial charge is 0.272 e. The quantitative estimate of drug-likeness (QED) is 0.266. The van der Waals surface area contributed by atoms with Gasteiger partial charge in [-0.2, -0.15) is 0 Å². The molecule has 0 atom stereocenters. The number of amides is 1. The second kappa shape index (κ2) is 10.8. The van der Waals surface area contributed by atoms with Crippen LogP contribution >= 0.6 is 0 Å². The van der Waals surface area contributed by atoms with E-state index >= 15 is 0 Å². The first-order valence-corrected chi connectivity index (χ1v) is 13.4. The van der Waals surface area contributed by atoms with Crippen LogP contribution < -0.4 is 0 Å². The van der Waals surface area contributed by atoms with Crippen molar-refractivity contribution < 1.29 is 9.18 Å². The van der Waals surface area contributed by atoms with Crippen LogP contribution in [0.15, 0.2) is 97.2 Å². The van der Waals surface area contributed by atoms with E-state index < -0.39 is 0 Å². The topological polar surface area (TPSA) is 41.4 Å². The van der Waals surface area contributed by atoms with Gasteiger partial charge in [0.05, 0.1) is 0 Å². The van der Waals surface area contributed by atoms with Gasteiger partial charge in [0.25, 0.3) is 5.91 Å². The third kappa shape index (κ3) is 5.47. The van der Waals surface area contributed by atoms with Crippen molar-refractivity contribution in [3.8, 4) is 11.3 Å². The molecule has 6 rings (SSSR count). The number of carbonyl (C=O) groups is 1. The molecule has 0 fully saturated rings. The van der Waals surface area contributed by atoms with E-state index in [4.69, 9.17) is 0 Å². The Bertz CT molecular complexity index is 1630. The summed E-state index contributed by atoms with van der Waals surface area (Å²) in [5.74, 6) is -0.362. The summed E-state index contributed by atoms with van der Waals surface area (Å²) in [6.45, 7) is 3.28. The van der Waals surface area contributed by atoms with Gasteiger partial charge in [-0.05, 0) is 78.2 Å². The molecule has 5 aromatic rings. The molecule has 1 amide bonds. The van der Waals surface area contributed by atoms with E-state index in [1.54, 1.807) is 18.3 Å². The summed E-state index contributed by atoms with van der Waals surface area (Å²) in [5, 5.41) is 0.850. The van der Waals surface area contributed by atoms with Crippen molar-refractivity contribution in [2.24, 2.45) is 0 Å². The van der Waals surface area contributed by atoms with Crippen LogP contribution in [0.5, 0.6) is 0 Å². The Kier molecular flexibility index (Phi) is 6.95. The summed E-state index contributed by atoms with van der Waals surface area (Å²) in [7, 11) is 2.14. The molecule has 1 aliphatic heterocycles. The highest BCUT2D eigenvalue weighted by atomic mass is 19.1. The summed E-state index contributed by atoms with van der Waals surface area (Å²) in [4.78, 5) is 22.2. The van der Waals surface area contributed by atoms with Crippen molar-refractivity contribution in [1.29, 1.82) is 0 Å². The molecule has 196 valence electrons. The molecule has 0 aliphatic carbocycles. The average molecular weight is 519 g/mol. The van der Waals surface area contributed by atoms with Gasteiger partial charge in [0, 0.05) is 55.5 Å². The van der Waals surface area contributed by atoms with Gasteiger partial charge in [-0.25, -0.2) is 4.39 Å². The molecule has 0 saturated heterocycles. The van der Waals surface area contributed by atoms with Crippen LogP contribution in [0.25, 0.3) is 22.2 Å². The number of carbonyl (C=O) groups excluding carboxylic acids is 1. The van der Waals surface area contributed by atoms with E-state index in [1.165, 1.54) is 17.2 Å². The van der Waals surface area contributed by atoms with Gasteiger partial charge in [-0.1, -0.05) is 48.5 Å². The summed E-state index contributed by atoms with van der Waals surface area (Å²) in [5.41, 5.74) is 7.05. The number of nitrogens with zero attached hydrogens (tertiary/aromatic N) is 4. The standard InChI is InChI=1S/C33H31FN4O/c1-36-15-13-24-6-5-9-27(19-24)32-21-28-20-29(34)11-12-31(28)38(32)17-16-37(33(39)30-10-2-3-14-35-30)23-26-8-4-7-25(18-26)22-36/h2-12,14,18-21H,13,15-17,22-23H2,1H3. The van der Waals surface area contributed by atoms with E-state index in [9.17, 15) is 9.18 Å². The molecule has 0 radical (unpaired) electrons. The van der Waals surface area contributed by atoms with Gasteiger partial charge in [-0.15, -0.1) is 0 Å². The molecule has 39 heavy (non-hydrogen) atoms. The second-order valence-electron chi connectivity index (χ2n) is 10.3. The molecule has 3 heterocycles. The van der Waals surface area contributed by atoms with E-state index in [1.807, 2.05) is 23.1 Å². The molecule has 2 aromatic heterocycles. The summed E-state index contributed by atoms with van der Waals surface area (Å²) in [6, 6.07) is 29.5. The largest absolute Gasteiger partial charge is 0.339 e. The lowest BCUT2D eigenvalue weighted by atomic mass is 10.0. The molecule has 3 aromatic carbocycles. The average Bonchev–Trinajstić information content (AvgIpc) is 3.31. The molecular formula is C33H31FN4O. The highest BCUT2D eigenvalue weighted by Crippen LogP contribution is 2.30. The first-order valence-electron chi connectivity index (χ1n) is 13.4. The Morgan fingerprint density at radius 2 is 1.62 bits per heavy atom. The SMILES string of the molecule is CN1CCc2cccc(c2)-c2cc3cc(F)ccc3n2CCN(C(=O)c2ccccn2)Cc2cccc(c2)C1. The van der Waals surface area contributed by atoms with E-state index in [0.717, 1.165) is 47.2 Å². The summed E-state index contributed by atoms with van der Waals surface area (Å²) >= 11 is 0. The molecular weight excluding hydrogens is 487 g/mol. The fourth-order valence-corrected chi connectivity index (χ4v) is 5.49. The number of fused-ring (bicyclic) bond motifs is 8. The number of rotatable bonds is 1. The van der Waals surface area contributed by atoms with Crippen LogP contribution in [-0.4, -0.2) is 45.4 Å². The van der Waals surface area contributed by atoms with Crippen molar-refractivity contribution in [2.75, 3.05) is 20.1 Å². The first kappa shape index (κ1) is 25.0. The minimum absolute atomic E-state index is 0.106. The molecule has 1 aliphatic rings. The van der Waals surface area contributed by atoms with Crippen LogP contribution in [0.4, 0.5) is 4.39 Å². The summed E-state index contributed by atoms with van der Waals surface area (Å²) in [6.07, 6.45) is 2.59. The fraction of sp³-hybridized carbons (Fsp3) is 0.212. The highest BCUT2D eigenvalue weighted by molar-refractivity contribution is 5.92. The number of likely N-dealkylation sites (N-methyl/N-ethyl adjacent to an activating group) is 1. The molecule has 4 bridgehead atoms. The second-order valence-corrected chi connectivity index (χ2v) is 10.3. The van der Waals surface area contributed by atoms with Gasteiger partial charge in [0.2, 0.25) is 0 Å². The fourth-order valence-electron chi connectivity index (χ4n) is 5.49. The third-order valence-electron chi connectivity index (χ3n) is 7.45. The highest BCUT2D eigenvalue weighted by Gasteiger charge is 2.20. The minimum Gasteiger partial charge on any atom is -0.339 e. The lowest BCUT2D eigenvalue weighted by Crippen LogP contribution is -2.34. The molecule has 5 nitrogen and oxygen atoms in total. The zero-order valence-corrected chi connectivity index (χ0v) is 22.1. The van der Waals surface area contributed by atoms with Gasteiger partial charge >= 0.3 is 0 Å². The van der Waals surface area contributed by atoms with Crippen LogP contribution in [-0.2, 0) is 26.1 Å².